The Hall–Kier alpha value is -2.25. The zero-order chi connectivity index (χ0) is 17.8. The van der Waals surface area contributed by atoms with Gasteiger partial charge in [-0.25, -0.2) is 4.39 Å². The van der Waals surface area contributed by atoms with Crippen LogP contribution in [0.25, 0.3) is 17.1 Å². The number of hydrogen-bond donors (Lipinski definition) is 0. The Morgan fingerprint density at radius 2 is 1.88 bits per heavy atom. The van der Waals surface area contributed by atoms with Crippen LogP contribution >= 0.6 is 11.8 Å². The summed E-state index contributed by atoms with van der Waals surface area (Å²) in [5.41, 5.74) is 1.74. The van der Waals surface area contributed by atoms with Crippen molar-refractivity contribution in [2.24, 2.45) is 0 Å². The third-order valence-electron chi connectivity index (χ3n) is 4.33. The Bertz CT molecular complexity index is 848. The normalized spacial score (nSPS) is 17.3. The van der Waals surface area contributed by atoms with Crippen LogP contribution in [0.2, 0.25) is 0 Å². The van der Waals surface area contributed by atoms with E-state index < -0.39 is 0 Å². The molecule has 1 aromatic carbocycles. The molecule has 4 rings (SSSR count). The molecule has 1 aliphatic rings. The summed E-state index contributed by atoms with van der Waals surface area (Å²) in [6.07, 6.45) is 7.12. The summed E-state index contributed by atoms with van der Waals surface area (Å²) in [6, 6.07) is 10.2. The third kappa shape index (κ3) is 3.78. The minimum atomic E-state index is -0.267. The Balaban J connectivity index is 1.67. The topological polar surface area (TPSA) is 52.8 Å². The van der Waals surface area contributed by atoms with Gasteiger partial charge in [0.15, 0.2) is 11.0 Å². The molecule has 2 aromatic heterocycles. The lowest BCUT2D eigenvalue weighted by Crippen LogP contribution is -2.21. The van der Waals surface area contributed by atoms with E-state index in [1.807, 2.05) is 16.7 Å². The smallest absolute Gasteiger partial charge is 0.196 e. The summed E-state index contributed by atoms with van der Waals surface area (Å²) in [6.45, 7) is 0.831. The summed E-state index contributed by atoms with van der Waals surface area (Å²) in [5.74, 6) is 1.28. The third-order valence-corrected chi connectivity index (χ3v) is 5.39. The first-order valence-corrected chi connectivity index (χ1v) is 9.66. The first kappa shape index (κ1) is 17.2. The second-order valence-corrected chi connectivity index (χ2v) is 7.14. The fourth-order valence-electron chi connectivity index (χ4n) is 2.98. The molecule has 0 spiro atoms. The van der Waals surface area contributed by atoms with Crippen LogP contribution in [0.5, 0.6) is 0 Å². The second kappa shape index (κ2) is 7.97. The highest BCUT2D eigenvalue weighted by atomic mass is 32.2. The number of thioether (sulfide) groups is 1. The number of rotatable bonds is 5. The molecule has 3 heterocycles. The number of halogens is 1. The summed E-state index contributed by atoms with van der Waals surface area (Å²) in [4.78, 5) is 4.06. The minimum Gasteiger partial charge on any atom is -0.377 e. The van der Waals surface area contributed by atoms with E-state index in [0.717, 1.165) is 41.6 Å². The Kier molecular flexibility index (Phi) is 5.26. The summed E-state index contributed by atoms with van der Waals surface area (Å²) in [5, 5.41) is 9.54. The number of aromatic nitrogens is 4. The van der Waals surface area contributed by atoms with Gasteiger partial charge in [0.25, 0.3) is 0 Å². The molecular weight excluding hydrogens is 351 g/mol. The van der Waals surface area contributed by atoms with Crippen molar-refractivity contribution >= 4 is 11.8 Å². The highest BCUT2D eigenvalue weighted by Crippen LogP contribution is 2.29. The van der Waals surface area contributed by atoms with Gasteiger partial charge in [-0.05, 0) is 55.7 Å². The van der Waals surface area contributed by atoms with Gasteiger partial charge in [0.1, 0.15) is 5.82 Å². The average molecular weight is 370 g/mol. The quantitative estimate of drug-likeness (QED) is 0.632. The van der Waals surface area contributed by atoms with Crippen LogP contribution < -0.4 is 0 Å². The highest BCUT2D eigenvalue weighted by Gasteiger charge is 2.19. The predicted octanol–water partition coefficient (Wildman–Crippen LogP) is 4.13. The van der Waals surface area contributed by atoms with Crippen molar-refractivity contribution in [3.8, 4) is 17.1 Å². The van der Waals surface area contributed by atoms with Crippen LogP contribution in [-0.2, 0) is 4.74 Å². The first-order valence-electron chi connectivity index (χ1n) is 8.67. The van der Waals surface area contributed by atoms with Gasteiger partial charge in [-0.2, -0.15) is 0 Å². The molecule has 26 heavy (non-hydrogen) atoms. The second-order valence-electron chi connectivity index (χ2n) is 6.15. The van der Waals surface area contributed by atoms with E-state index in [-0.39, 0.29) is 11.9 Å². The van der Waals surface area contributed by atoms with Gasteiger partial charge >= 0.3 is 0 Å². The number of ether oxygens (including phenoxy) is 1. The van der Waals surface area contributed by atoms with Gasteiger partial charge in [0.2, 0.25) is 0 Å². The zero-order valence-electron chi connectivity index (χ0n) is 14.2. The molecule has 3 aromatic rings. The van der Waals surface area contributed by atoms with Crippen LogP contribution in [0.1, 0.15) is 19.3 Å². The van der Waals surface area contributed by atoms with Crippen LogP contribution in [0.3, 0.4) is 0 Å². The van der Waals surface area contributed by atoms with E-state index in [1.165, 1.54) is 18.6 Å². The first-order chi connectivity index (χ1) is 12.8. The van der Waals surface area contributed by atoms with Crippen LogP contribution in [-0.4, -0.2) is 38.2 Å². The maximum atomic E-state index is 13.4. The van der Waals surface area contributed by atoms with Crippen LogP contribution in [0, 0.1) is 5.82 Å². The van der Waals surface area contributed by atoms with Crippen molar-refractivity contribution < 1.29 is 9.13 Å². The van der Waals surface area contributed by atoms with Crippen molar-refractivity contribution in [1.82, 2.24) is 19.7 Å². The SMILES string of the molecule is Fc1ccc(-n2c(SCC3CCCCO3)nnc2-c2ccncc2)cc1. The van der Waals surface area contributed by atoms with Gasteiger partial charge in [-0.15, -0.1) is 10.2 Å². The van der Waals surface area contributed by atoms with Crippen molar-refractivity contribution in [3.63, 3.8) is 0 Å². The van der Waals surface area contributed by atoms with Gasteiger partial charge in [0, 0.05) is 36.0 Å². The van der Waals surface area contributed by atoms with Gasteiger partial charge in [-0.1, -0.05) is 11.8 Å². The lowest BCUT2D eigenvalue weighted by molar-refractivity contribution is 0.0315. The monoisotopic (exact) mass is 370 g/mol. The molecule has 1 saturated heterocycles. The standard InChI is InChI=1S/C19H19FN4OS/c20-15-4-6-16(7-5-15)24-18(14-8-10-21-11-9-14)22-23-19(24)26-13-17-3-1-2-12-25-17/h4-11,17H,1-3,12-13H2. The molecule has 1 fully saturated rings. The maximum Gasteiger partial charge on any atom is 0.196 e. The van der Waals surface area contributed by atoms with E-state index in [4.69, 9.17) is 4.74 Å². The molecule has 0 aliphatic carbocycles. The number of benzene rings is 1. The largest absolute Gasteiger partial charge is 0.377 e. The van der Waals surface area contributed by atoms with Crippen molar-refractivity contribution in [3.05, 3.63) is 54.6 Å². The summed E-state index contributed by atoms with van der Waals surface area (Å²) in [7, 11) is 0. The van der Waals surface area contributed by atoms with E-state index in [0.29, 0.717) is 5.82 Å². The fourth-order valence-corrected chi connectivity index (χ4v) is 4.00. The molecule has 1 atom stereocenters. The van der Waals surface area contributed by atoms with Gasteiger partial charge in [-0.3, -0.25) is 9.55 Å². The Morgan fingerprint density at radius 3 is 2.62 bits per heavy atom. The van der Waals surface area contributed by atoms with E-state index in [9.17, 15) is 4.39 Å². The van der Waals surface area contributed by atoms with Crippen molar-refractivity contribution in [2.45, 2.75) is 30.5 Å². The fraction of sp³-hybridized carbons (Fsp3) is 0.316. The summed E-state index contributed by atoms with van der Waals surface area (Å²) < 4.78 is 21.1. The van der Waals surface area contributed by atoms with Gasteiger partial charge < -0.3 is 4.74 Å². The molecule has 5 nitrogen and oxygen atoms in total. The molecule has 134 valence electrons. The molecule has 1 aliphatic heterocycles. The number of nitrogens with zero attached hydrogens (tertiary/aromatic N) is 4. The molecule has 0 N–H and O–H groups in total. The van der Waals surface area contributed by atoms with Crippen LogP contribution in [0.4, 0.5) is 4.39 Å². The molecule has 0 bridgehead atoms. The predicted molar refractivity (Wildman–Crippen MR) is 98.9 cm³/mol. The number of pyridine rings is 1. The van der Waals surface area contributed by atoms with Gasteiger partial charge in [0.05, 0.1) is 6.10 Å². The Morgan fingerprint density at radius 1 is 1.08 bits per heavy atom. The molecule has 7 heteroatoms. The lowest BCUT2D eigenvalue weighted by atomic mass is 10.1. The zero-order valence-corrected chi connectivity index (χ0v) is 15.0. The van der Waals surface area contributed by atoms with E-state index in [1.54, 1.807) is 36.3 Å². The molecule has 0 amide bonds. The molecular formula is C19H19FN4OS. The maximum absolute atomic E-state index is 13.4. The highest BCUT2D eigenvalue weighted by molar-refractivity contribution is 7.99. The summed E-state index contributed by atoms with van der Waals surface area (Å²) >= 11 is 1.62. The average Bonchev–Trinajstić information content (AvgIpc) is 3.12. The van der Waals surface area contributed by atoms with Crippen molar-refractivity contribution in [1.29, 1.82) is 0 Å². The van der Waals surface area contributed by atoms with Crippen LogP contribution in [0.15, 0.2) is 53.9 Å². The minimum absolute atomic E-state index is 0.247. The molecule has 0 radical (unpaired) electrons. The molecule has 1 unspecified atom stereocenters. The van der Waals surface area contributed by atoms with Crippen molar-refractivity contribution in [2.75, 3.05) is 12.4 Å². The van der Waals surface area contributed by atoms with E-state index >= 15 is 0 Å². The molecule has 0 saturated carbocycles. The Labute approximate surface area is 155 Å². The van der Waals surface area contributed by atoms with E-state index in [2.05, 4.69) is 15.2 Å². The number of hydrogen-bond acceptors (Lipinski definition) is 5. The lowest BCUT2D eigenvalue weighted by Gasteiger charge is -2.22.